The molecule has 0 aliphatic heterocycles. The van der Waals surface area contributed by atoms with Crippen molar-refractivity contribution in [1.82, 2.24) is 20.6 Å². The fraction of sp³-hybridized carbons (Fsp3) is 0.222. The van der Waals surface area contributed by atoms with Gasteiger partial charge in [0.2, 0.25) is 0 Å². The smallest absolute Gasteiger partial charge is 0.191 e. The van der Waals surface area contributed by atoms with Crippen LogP contribution in [0.25, 0.3) is 11.0 Å². The monoisotopic (exact) mass is 471 g/mol. The summed E-state index contributed by atoms with van der Waals surface area (Å²) < 4.78 is 26.8. The van der Waals surface area contributed by atoms with Crippen LogP contribution in [0.15, 0.2) is 47.5 Å². The van der Waals surface area contributed by atoms with Gasteiger partial charge in [-0.05, 0) is 30.3 Å². The van der Waals surface area contributed by atoms with Crippen molar-refractivity contribution in [1.29, 1.82) is 0 Å². The van der Waals surface area contributed by atoms with Gasteiger partial charge in [0.05, 0.1) is 11.0 Å². The predicted molar refractivity (Wildman–Crippen MR) is 110 cm³/mol. The second kappa shape index (κ2) is 9.46. The predicted octanol–water partition coefficient (Wildman–Crippen LogP) is 3.37. The van der Waals surface area contributed by atoms with Gasteiger partial charge in [0.25, 0.3) is 0 Å². The number of aromatic amines is 1. The van der Waals surface area contributed by atoms with Crippen LogP contribution in [0.4, 0.5) is 8.78 Å². The van der Waals surface area contributed by atoms with E-state index in [2.05, 4.69) is 25.6 Å². The largest absolute Gasteiger partial charge is 0.356 e. The van der Waals surface area contributed by atoms with E-state index in [0.29, 0.717) is 18.9 Å². The maximum absolute atomic E-state index is 13.6. The average Bonchev–Trinajstić information content (AvgIpc) is 3.03. The molecule has 3 N–H and O–H groups in total. The van der Waals surface area contributed by atoms with Crippen LogP contribution >= 0.6 is 24.0 Å². The minimum absolute atomic E-state index is 0. The molecule has 8 heteroatoms. The lowest BCUT2D eigenvalue weighted by atomic mass is 10.2. The Morgan fingerprint density at radius 3 is 2.73 bits per heavy atom. The van der Waals surface area contributed by atoms with Crippen LogP contribution in [-0.4, -0.2) is 29.5 Å². The maximum Gasteiger partial charge on any atom is 0.191 e. The highest BCUT2D eigenvalue weighted by atomic mass is 127. The molecule has 3 rings (SSSR count). The number of nitrogens with zero attached hydrogens (tertiary/aromatic N) is 2. The second-order valence-electron chi connectivity index (χ2n) is 5.54. The van der Waals surface area contributed by atoms with Gasteiger partial charge in [-0.25, -0.2) is 13.8 Å². The molecule has 0 atom stereocenters. The zero-order chi connectivity index (χ0) is 17.6. The molecule has 138 valence electrons. The van der Waals surface area contributed by atoms with Gasteiger partial charge in [-0.1, -0.05) is 12.1 Å². The Balaban J connectivity index is 0.00000243. The Hall–Kier alpha value is -2.23. The highest BCUT2D eigenvalue weighted by Crippen LogP contribution is 2.10. The van der Waals surface area contributed by atoms with E-state index in [1.807, 2.05) is 24.3 Å². The average molecular weight is 471 g/mol. The van der Waals surface area contributed by atoms with E-state index >= 15 is 0 Å². The van der Waals surface area contributed by atoms with Gasteiger partial charge >= 0.3 is 0 Å². The topological polar surface area (TPSA) is 65.1 Å². The third-order valence-corrected chi connectivity index (χ3v) is 3.77. The van der Waals surface area contributed by atoms with E-state index in [4.69, 9.17) is 0 Å². The van der Waals surface area contributed by atoms with Crippen molar-refractivity contribution in [3.63, 3.8) is 0 Å². The molecule has 0 saturated heterocycles. The third-order valence-electron chi connectivity index (χ3n) is 3.77. The van der Waals surface area contributed by atoms with Crippen LogP contribution in [0.5, 0.6) is 0 Å². The number of benzene rings is 2. The maximum atomic E-state index is 13.6. The number of nitrogens with one attached hydrogen (secondary N) is 3. The number of guanidine groups is 1. The van der Waals surface area contributed by atoms with Crippen molar-refractivity contribution < 1.29 is 8.78 Å². The van der Waals surface area contributed by atoms with Gasteiger partial charge in [-0.2, -0.15) is 0 Å². The highest BCUT2D eigenvalue weighted by molar-refractivity contribution is 14.0. The van der Waals surface area contributed by atoms with Crippen LogP contribution in [0.3, 0.4) is 0 Å². The first kappa shape index (κ1) is 20.1. The summed E-state index contributed by atoms with van der Waals surface area (Å²) in [5, 5.41) is 6.10. The summed E-state index contributed by atoms with van der Waals surface area (Å²) >= 11 is 0. The van der Waals surface area contributed by atoms with Crippen LogP contribution < -0.4 is 10.6 Å². The molecule has 0 amide bonds. The molecular formula is C18H20F2IN5. The van der Waals surface area contributed by atoms with E-state index in [0.717, 1.165) is 29.0 Å². The number of aliphatic imine (C=N–C) groups is 1. The second-order valence-corrected chi connectivity index (χ2v) is 5.54. The van der Waals surface area contributed by atoms with Crippen molar-refractivity contribution in [2.75, 3.05) is 13.6 Å². The first-order chi connectivity index (χ1) is 12.2. The quantitative estimate of drug-likeness (QED) is 0.304. The third kappa shape index (κ3) is 5.13. The number of H-pyrrole nitrogens is 1. The van der Waals surface area contributed by atoms with Crippen LogP contribution in [0.1, 0.15) is 11.4 Å². The van der Waals surface area contributed by atoms with Crippen molar-refractivity contribution in [2.45, 2.75) is 13.0 Å². The Labute approximate surface area is 167 Å². The van der Waals surface area contributed by atoms with Crippen LogP contribution in [-0.2, 0) is 13.0 Å². The number of hydrogen-bond donors (Lipinski definition) is 3. The Morgan fingerprint density at radius 2 is 1.96 bits per heavy atom. The lowest BCUT2D eigenvalue weighted by Gasteiger charge is -2.12. The fourth-order valence-electron chi connectivity index (χ4n) is 2.50. The molecule has 0 radical (unpaired) electrons. The summed E-state index contributed by atoms with van der Waals surface area (Å²) in [5.74, 6) is 0.470. The zero-order valence-corrected chi connectivity index (χ0v) is 16.6. The Bertz CT molecular complexity index is 861. The molecule has 1 heterocycles. The van der Waals surface area contributed by atoms with Gasteiger partial charge in [0, 0.05) is 32.1 Å². The van der Waals surface area contributed by atoms with Gasteiger partial charge in [-0.3, -0.25) is 4.99 Å². The normalized spacial score (nSPS) is 11.3. The number of para-hydroxylation sites is 2. The zero-order valence-electron chi connectivity index (χ0n) is 14.2. The number of imidazole rings is 1. The lowest BCUT2D eigenvalue weighted by molar-refractivity contribution is 0.581. The van der Waals surface area contributed by atoms with Gasteiger partial charge < -0.3 is 15.6 Å². The molecule has 2 aromatic carbocycles. The Morgan fingerprint density at radius 1 is 1.15 bits per heavy atom. The molecule has 0 aliphatic rings. The van der Waals surface area contributed by atoms with Crippen LogP contribution in [0.2, 0.25) is 0 Å². The summed E-state index contributed by atoms with van der Waals surface area (Å²) in [6.45, 7) is 0.749. The molecule has 26 heavy (non-hydrogen) atoms. The molecule has 1 aromatic heterocycles. The molecule has 0 bridgehead atoms. The highest BCUT2D eigenvalue weighted by Gasteiger charge is 2.06. The Kier molecular flexibility index (Phi) is 7.31. The molecule has 5 nitrogen and oxygen atoms in total. The summed E-state index contributed by atoms with van der Waals surface area (Å²) in [6, 6.07) is 11.2. The van der Waals surface area contributed by atoms with Gasteiger partial charge in [-0.15, -0.1) is 24.0 Å². The summed E-state index contributed by atoms with van der Waals surface area (Å²) in [4.78, 5) is 11.8. The minimum atomic E-state index is -0.467. The molecule has 0 spiro atoms. The van der Waals surface area contributed by atoms with Gasteiger partial charge in [0.15, 0.2) is 5.96 Å². The number of rotatable bonds is 5. The summed E-state index contributed by atoms with van der Waals surface area (Å²) in [7, 11) is 1.62. The molecule has 0 saturated carbocycles. The van der Waals surface area contributed by atoms with Crippen molar-refractivity contribution in [3.8, 4) is 0 Å². The standard InChI is InChI=1S/C18H19F2N5.HI/c1-21-18(23-11-12-10-13(19)6-7-14(12)20)22-9-8-17-24-15-4-2-3-5-16(15)25-17;/h2-7,10H,8-9,11H2,1H3,(H,24,25)(H2,21,22,23);1H. The van der Waals surface area contributed by atoms with Crippen molar-refractivity contribution in [2.24, 2.45) is 4.99 Å². The lowest BCUT2D eigenvalue weighted by Crippen LogP contribution is -2.38. The number of halogens is 3. The summed E-state index contributed by atoms with van der Waals surface area (Å²) in [5.41, 5.74) is 2.18. The first-order valence-electron chi connectivity index (χ1n) is 7.98. The van der Waals surface area contributed by atoms with E-state index in [1.165, 1.54) is 6.07 Å². The molecule has 3 aromatic rings. The van der Waals surface area contributed by atoms with E-state index < -0.39 is 11.6 Å². The van der Waals surface area contributed by atoms with E-state index in [-0.39, 0.29) is 36.1 Å². The van der Waals surface area contributed by atoms with Crippen LogP contribution in [0, 0.1) is 11.6 Å². The molecule has 0 fully saturated rings. The van der Waals surface area contributed by atoms with Crippen molar-refractivity contribution in [3.05, 3.63) is 65.5 Å². The molecule has 0 unspecified atom stereocenters. The first-order valence-corrected chi connectivity index (χ1v) is 7.98. The van der Waals surface area contributed by atoms with E-state index in [9.17, 15) is 8.78 Å². The fourth-order valence-corrected chi connectivity index (χ4v) is 2.50. The molecular weight excluding hydrogens is 451 g/mol. The van der Waals surface area contributed by atoms with E-state index in [1.54, 1.807) is 7.05 Å². The van der Waals surface area contributed by atoms with Crippen molar-refractivity contribution >= 4 is 41.0 Å². The number of hydrogen-bond acceptors (Lipinski definition) is 2. The summed E-state index contributed by atoms with van der Waals surface area (Å²) in [6.07, 6.45) is 0.684. The number of aromatic nitrogens is 2. The molecule has 0 aliphatic carbocycles. The number of fused-ring (bicyclic) bond motifs is 1. The SMILES string of the molecule is CN=C(NCCc1nc2ccccc2[nH]1)NCc1cc(F)ccc1F.I. The van der Waals surface area contributed by atoms with Gasteiger partial charge in [0.1, 0.15) is 17.5 Å². The minimum Gasteiger partial charge on any atom is -0.356 e.